The summed E-state index contributed by atoms with van der Waals surface area (Å²) in [5, 5.41) is 14.2. The third kappa shape index (κ3) is 2.11. The van der Waals surface area contributed by atoms with Crippen LogP contribution in [0.5, 0.6) is 0 Å². The van der Waals surface area contributed by atoms with Crippen molar-refractivity contribution in [2.75, 3.05) is 20.3 Å². The Kier molecular flexibility index (Phi) is 3.37. The Morgan fingerprint density at radius 3 is 2.94 bits per heavy atom. The molecule has 18 heavy (non-hydrogen) atoms. The molecule has 8 nitrogen and oxygen atoms in total. The molecule has 1 aromatic heterocycles. The van der Waals surface area contributed by atoms with Crippen LogP contribution in [0.3, 0.4) is 0 Å². The van der Waals surface area contributed by atoms with E-state index in [-0.39, 0.29) is 11.6 Å². The number of aromatic carboxylic acids is 1. The molecule has 1 saturated heterocycles. The number of sulfonamides is 1. The van der Waals surface area contributed by atoms with Crippen LogP contribution < -0.4 is 0 Å². The molecule has 2 rings (SSSR count). The molecule has 1 aliphatic rings. The number of aromatic amines is 1. The average Bonchev–Trinajstić information content (AvgIpc) is 2.99. The van der Waals surface area contributed by atoms with Crippen molar-refractivity contribution in [3.05, 3.63) is 11.8 Å². The van der Waals surface area contributed by atoms with Gasteiger partial charge >= 0.3 is 5.97 Å². The van der Waals surface area contributed by atoms with Gasteiger partial charge in [-0.2, -0.15) is 9.40 Å². The third-order valence-corrected chi connectivity index (χ3v) is 4.78. The molecule has 9 heteroatoms. The molecule has 0 radical (unpaired) electrons. The van der Waals surface area contributed by atoms with Crippen LogP contribution in [0.1, 0.15) is 16.8 Å². The Morgan fingerprint density at radius 1 is 1.67 bits per heavy atom. The van der Waals surface area contributed by atoms with E-state index < -0.39 is 21.0 Å². The Bertz CT molecular complexity index is 546. The van der Waals surface area contributed by atoms with Crippen molar-refractivity contribution in [3.63, 3.8) is 0 Å². The summed E-state index contributed by atoms with van der Waals surface area (Å²) < 4.78 is 30.7. The second-order valence-corrected chi connectivity index (χ2v) is 5.89. The summed E-state index contributed by atoms with van der Waals surface area (Å²) in [5.41, 5.74) is -0.360. The van der Waals surface area contributed by atoms with Crippen LogP contribution >= 0.6 is 0 Å². The number of nitrogens with one attached hydrogen (secondary N) is 1. The lowest BCUT2D eigenvalue weighted by molar-refractivity contribution is 0.0692. The van der Waals surface area contributed by atoms with Gasteiger partial charge in [-0.1, -0.05) is 0 Å². The van der Waals surface area contributed by atoms with Gasteiger partial charge in [0, 0.05) is 13.7 Å². The van der Waals surface area contributed by atoms with E-state index >= 15 is 0 Å². The summed E-state index contributed by atoms with van der Waals surface area (Å²) >= 11 is 0. The van der Waals surface area contributed by atoms with E-state index in [2.05, 4.69) is 10.2 Å². The number of hydrogen-bond acceptors (Lipinski definition) is 5. The molecule has 1 aliphatic heterocycles. The Morgan fingerprint density at radius 2 is 2.39 bits per heavy atom. The van der Waals surface area contributed by atoms with Crippen molar-refractivity contribution < 1.29 is 23.1 Å². The molecule has 1 aromatic rings. The van der Waals surface area contributed by atoms with Crippen LogP contribution in [0, 0.1) is 0 Å². The molecule has 2 N–H and O–H groups in total. The molecule has 0 bridgehead atoms. The Labute approximate surface area is 104 Å². The topological polar surface area (TPSA) is 113 Å². The van der Waals surface area contributed by atoms with Crippen molar-refractivity contribution in [2.24, 2.45) is 0 Å². The second kappa shape index (κ2) is 4.67. The highest BCUT2D eigenvalue weighted by atomic mass is 32.2. The summed E-state index contributed by atoms with van der Waals surface area (Å²) in [7, 11) is -2.50. The number of carboxylic acid groups (broad SMARTS) is 1. The molecule has 0 spiro atoms. The van der Waals surface area contributed by atoms with E-state index in [9.17, 15) is 13.2 Å². The van der Waals surface area contributed by atoms with E-state index in [1.807, 2.05) is 0 Å². The summed E-state index contributed by atoms with van der Waals surface area (Å²) in [6, 6.07) is -0.278. The molecule has 0 amide bonds. The fourth-order valence-corrected chi connectivity index (χ4v) is 3.21. The van der Waals surface area contributed by atoms with Crippen molar-refractivity contribution >= 4 is 16.0 Å². The van der Waals surface area contributed by atoms with E-state index in [1.54, 1.807) is 0 Å². The van der Waals surface area contributed by atoms with Crippen LogP contribution in [0.15, 0.2) is 11.2 Å². The monoisotopic (exact) mass is 275 g/mol. The van der Waals surface area contributed by atoms with Gasteiger partial charge in [-0.3, -0.25) is 5.10 Å². The highest BCUT2D eigenvalue weighted by molar-refractivity contribution is 7.89. The molecule has 1 atom stereocenters. The van der Waals surface area contributed by atoms with Crippen LogP contribution in [0.25, 0.3) is 0 Å². The van der Waals surface area contributed by atoms with Gasteiger partial charge < -0.3 is 9.84 Å². The zero-order valence-corrected chi connectivity index (χ0v) is 10.5. The highest BCUT2D eigenvalue weighted by Crippen LogP contribution is 2.21. The lowest BCUT2D eigenvalue weighted by Gasteiger charge is -2.21. The van der Waals surface area contributed by atoms with Crippen molar-refractivity contribution in [1.82, 2.24) is 14.5 Å². The van der Waals surface area contributed by atoms with Gasteiger partial charge in [-0.15, -0.1) is 0 Å². The maximum Gasteiger partial charge on any atom is 0.340 e. The van der Waals surface area contributed by atoms with Gasteiger partial charge in [-0.25, -0.2) is 13.2 Å². The minimum Gasteiger partial charge on any atom is -0.478 e. The zero-order valence-electron chi connectivity index (χ0n) is 9.66. The number of carbonyl (C=O) groups is 1. The van der Waals surface area contributed by atoms with Gasteiger partial charge in [0.25, 0.3) is 10.0 Å². The number of H-pyrrole nitrogens is 1. The maximum atomic E-state index is 12.2. The summed E-state index contributed by atoms with van der Waals surface area (Å²) in [5.74, 6) is -1.33. The van der Waals surface area contributed by atoms with E-state index in [0.29, 0.717) is 19.6 Å². The van der Waals surface area contributed by atoms with Crippen LogP contribution in [-0.4, -0.2) is 60.3 Å². The second-order valence-electron chi connectivity index (χ2n) is 3.96. The molecule has 0 saturated carbocycles. The first-order chi connectivity index (χ1) is 8.44. The highest BCUT2D eigenvalue weighted by Gasteiger charge is 2.34. The average molecular weight is 275 g/mol. The molecule has 0 aromatic carbocycles. The lowest BCUT2D eigenvalue weighted by atomic mass is 10.3. The summed E-state index contributed by atoms with van der Waals surface area (Å²) in [4.78, 5) is 10.9. The van der Waals surface area contributed by atoms with E-state index in [1.165, 1.54) is 7.05 Å². The third-order valence-electron chi connectivity index (χ3n) is 2.89. The van der Waals surface area contributed by atoms with Gasteiger partial charge in [0.2, 0.25) is 0 Å². The van der Waals surface area contributed by atoms with Crippen molar-refractivity contribution in [2.45, 2.75) is 17.5 Å². The largest absolute Gasteiger partial charge is 0.478 e. The molecule has 0 aliphatic carbocycles. The number of likely N-dealkylation sites (N-methyl/N-ethyl adjacent to an activating group) is 1. The number of aromatic nitrogens is 2. The van der Waals surface area contributed by atoms with Gasteiger partial charge in [0.15, 0.2) is 5.03 Å². The predicted molar refractivity (Wildman–Crippen MR) is 59.7 cm³/mol. The first kappa shape index (κ1) is 13.0. The number of hydrogen-bond donors (Lipinski definition) is 2. The Hall–Kier alpha value is -1.45. The number of nitrogens with zero attached hydrogens (tertiary/aromatic N) is 2. The molecular formula is C9H13N3O5S. The van der Waals surface area contributed by atoms with E-state index in [4.69, 9.17) is 9.84 Å². The summed E-state index contributed by atoms with van der Waals surface area (Å²) in [6.45, 7) is 0.811. The predicted octanol–water partition coefficient (Wildman–Crippen LogP) is -0.483. The van der Waals surface area contributed by atoms with Crippen LogP contribution in [-0.2, 0) is 14.8 Å². The summed E-state index contributed by atoms with van der Waals surface area (Å²) in [6.07, 6.45) is 1.57. The minimum atomic E-state index is -3.90. The van der Waals surface area contributed by atoms with Crippen molar-refractivity contribution in [3.8, 4) is 0 Å². The molecule has 1 unspecified atom stereocenters. The number of rotatable bonds is 4. The lowest BCUT2D eigenvalue weighted by Crippen LogP contribution is -2.38. The van der Waals surface area contributed by atoms with Crippen LogP contribution in [0.4, 0.5) is 0 Å². The minimum absolute atomic E-state index is 0.278. The normalized spacial score (nSPS) is 20.4. The van der Waals surface area contributed by atoms with E-state index in [0.717, 1.165) is 10.5 Å². The number of ether oxygens (including phenoxy) is 1. The van der Waals surface area contributed by atoms with Crippen LogP contribution in [0.2, 0.25) is 0 Å². The zero-order chi connectivity index (χ0) is 13.3. The fraction of sp³-hybridized carbons (Fsp3) is 0.556. The SMILES string of the molecule is CN(C1CCOC1)S(=O)(=O)c1[nH]ncc1C(=O)O. The molecule has 100 valence electrons. The standard InChI is InChI=1S/C9H13N3O5S/c1-12(6-2-3-17-5-6)18(15,16)8-7(9(13)14)4-10-11-8/h4,6H,2-3,5H2,1H3,(H,10,11)(H,13,14). The first-order valence-corrected chi connectivity index (χ1v) is 6.71. The Balaban J connectivity index is 2.35. The molecular weight excluding hydrogens is 262 g/mol. The number of carboxylic acids is 1. The quantitative estimate of drug-likeness (QED) is 0.767. The molecule has 2 heterocycles. The first-order valence-electron chi connectivity index (χ1n) is 5.27. The fourth-order valence-electron chi connectivity index (χ4n) is 1.77. The van der Waals surface area contributed by atoms with Crippen molar-refractivity contribution in [1.29, 1.82) is 0 Å². The van der Waals surface area contributed by atoms with Gasteiger partial charge in [0.1, 0.15) is 5.56 Å². The maximum absolute atomic E-state index is 12.2. The molecule has 1 fully saturated rings. The smallest absolute Gasteiger partial charge is 0.340 e. The van der Waals surface area contributed by atoms with Gasteiger partial charge in [0.05, 0.1) is 18.8 Å². The van der Waals surface area contributed by atoms with Gasteiger partial charge in [-0.05, 0) is 6.42 Å².